The Labute approximate surface area is 349 Å². The zero-order chi connectivity index (χ0) is 40.2. The van der Waals surface area contributed by atoms with Crippen LogP contribution in [0.15, 0.2) is 205 Å². The average Bonchev–Trinajstić information content (AvgIpc) is 3.30. The van der Waals surface area contributed by atoms with Crippen molar-refractivity contribution >= 4 is 48.9 Å². The van der Waals surface area contributed by atoms with Crippen molar-refractivity contribution in [3.63, 3.8) is 0 Å². The van der Waals surface area contributed by atoms with Gasteiger partial charge in [0.15, 0.2) is 0 Å². The van der Waals surface area contributed by atoms with Crippen molar-refractivity contribution in [2.45, 2.75) is 25.7 Å². The minimum Gasteiger partial charge on any atom is -0.350 e. The number of hydrogen-bond acceptors (Lipinski definition) is 4. The molecule has 4 heteroatoms. The maximum atomic E-state index is 5.63. The van der Waals surface area contributed by atoms with Crippen molar-refractivity contribution in [3.05, 3.63) is 223 Å². The molecular formula is C56H42N4. The number of aromatic nitrogens is 1. The molecule has 0 fully saturated rings. The minimum atomic E-state index is -0.755. The number of aryl methyl sites for hydroxylation is 1. The first-order valence-electron chi connectivity index (χ1n) is 20.7. The molecule has 1 aliphatic heterocycles. The number of amidine groups is 1. The normalized spacial score (nSPS) is 16.6. The zero-order valence-corrected chi connectivity index (χ0v) is 33.5. The van der Waals surface area contributed by atoms with Crippen LogP contribution in [0.4, 0.5) is 0 Å². The van der Waals surface area contributed by atoms with Gasteiger partial charge in [-0.1, -0.05) is 152 Å². The van der Waals surface area contributed by atoms with Crippen LogP contribution < -0.4 is 10.6 Å². The summed E-state index contributed by atoms with van der Waals surface area (Å²) in [6.45, 7) is 4.24. The van der Waals surface area contributed by atoms with Gasteiger partial charge < -0.3 is 5.32 Å². The second kappa shape index (κ2) is 14.5. The van der Waals surface area contributed by atoms with Crippen molar-refractivity contribution in [2.24, 2.45) is 4.99 Å². The Morgan fingerprint density at radius 2 is 1.07 bits per heavy atom. The lowest BCUT2D eigenvalue weighted by molar-refractivity contribution is 0.296. The molecule has 2 heterocycles. The van der Waals surface area contributed by atoms with Gasteiger partial charge in [0, 0.05) is 16.8 Å². The summed E-state index contributed by atoms with van der Waals surface area (Å²) in [7, 11) is 0. The largest absolute Gasteiger partial charge is 0.350 e. The first-order valence-corrected chi connectivity index (χ1v) is 20.7. The fourth-order valence-corrected chi connectivity index (χ4v) is 9.00. The van der Waals surface area contributed by atoms with E-state index in [1.807, 2.05) is 13.0 Å². The molecule has 286 valence electrons. The third-order valence-corrected chi connectivity index (χ3v) is 12.1. The van der Waals surface area contributed by atoms with E-state index in [-0.39, 0.29) is 6.17 Å². The number of nitrogens with zero attached hydrogens (tertiary/aromatic N) is 2. The minimum absolute atomic E-state index is 0.228. The number of benzene rings is 9. The van der Waals surface area contributed by atoms with Crippen molar-refractivity contribution in [2.75, 3.05) is 0 Å². The number of rotatable bonds is 6. The van der Waals surface area contributed by atoms with Crippen molar-refractivity contribution in [1.29, 1.82) is 0 Å². The number of hydrogen-bond donors (Lipinski definition) is 2. The fraction of sp³-hybridized carbons (Fsp3) is 0.0714. The summed E-state index contributed by atoms with van der Waals surface area (Å²) in [5.41, 5.74) is 10.1. The lowest BCUT2D eigenvalue weighted by Crippen LogP contribution is -2.53. The summed E-state index contributed by atoms with van der Waals surface area (Å²) < 4.78 is 0. The standard InChI is InChI=1S/C56H42N4/c1-36-12-11-21-53(57-36)40-25-22-39(23-26-40)45-31-46(52-35-43-17-7-8-18-49(43)50-19-9-10-20-51(50)52)33-47(32-45)55-58-54(44-27-24-37-13-3-5-15-41(37)30-44)59-56(2,60-55)48-29-28-38-14-4-6-16-42(38)34-48/h3-35,54,59H,1-2H3,(H,58,60). The predicted molar refractivity (Wildman–Crippen MR) is 251 cm³/mol. The molecule has 0 spiro atoms. The Hall–Kier alpha value is -7.40. The van der Waals surface area contributed by atoms with E-state index in [4.69, 9.17) is 9.98 Å². The molecular weight excluding hydrogens is 729 g/mol. The molecule has 1 aliphatic rings. The molecule has 10 aromatic rings. The Morgan fingerprint density at radius 3 is 1.83 bits per heavy atom. The Kier molecular flexibility index (Phi) is 8.61. The molecule has 0 bridgehead atoms. The van der Waals surface area contributed by atoms with Crippen LogP contribution in [0.1, 0.15) is 35.5 Å². The molecule has 1 aromatic heterocycles. The smallest absolute Gasteiger partial charge is 0.137 e. The summed E-state index contributed by atoms with van der Waals surface area (Å²) in [5.74, 6) is 0.830. The van der Waals surface area contributed by atoms with E-state index in [1.54, 1.807) is 0 Å². The van der Waals surface area contributed by atoms with Gasteiger partial charge in [-0.3, -0.25) is 10.3 Å². The van der Waals surface area contributed by atoms with Crippen LogP contribution in [-0.2, 0) is 5.66 Å². The van der Waals surface area contributed by atoms with Gasteiger partial charge in [-0.25, -0.2) is 4.99 Å². The number of pyridine rings is 1. The second-order valence-corrected chi connectivity index (χ2v) is 16.2. The van der Waals surface area contributed by atoms with Crippen LogP contribution in [-0.4, -0.2) is 10.8 Å². The summed E-state index contributed by atoms with van der Waals surface area (Å²) in [5, 5.41) is 17.6. The molecule has 2 unspecified atom stereocenters. The number of nitrogens with one attached hydrogen (secondary N) is 2. The van der Waals surface area contributed by atoms with Crippen molar-refractivity contribution in [1.82, 2.24) is 15.6 Å². The van der Waals surface area contributed by atoms with E-state index in [0.717, 1.165) is 56.2 Å². The molecule has 4 nitrogen and oxygen atoms in total. The maximum absolute atomic E-state index is 5.63. The van der Waals surface area contributed by atoms with E-state index in [0.29, 0.717) is 0 Å². The molecule has 60 heavy (non-hydrogen) atoms. The molecule has 0 saturated heterocycles. The number of fused-ring (bicyclic) bond motifs is 5. The highest BCUT2D eigenvalue weighted by atomic mass is 15.3. The summed E-state index contributed by atoms with van der Waals surface area (Å²) >= 11 is 0. The third kappa shape index (κ3) is 6.48. The van der Waals surface area contributed by atoms with Gasteiger partial charge in [-0.2, -0.15) is 0 Å². The number of aliphatic imine (C=N–C) groups is 1. The van der Waals surface area contributed by atoms with Gasteiger partial charge in [0.2, 0.25) is 0 Å². The monoisotopic (exact) mass is 770 g/mol. The lowest BCUT2D eigenvalue weighted by Gasteiger charge is -2.39. The predicted octanol–water partition coefficient (Wildman–Crippen LogP) is 13.5. The topological polar surface area (TPSA) is 49.3 Å². The molecule has 11 rings (SSSR count). The Morgan fingerprint density at radius 1 is 0.450 bits per heavy atom. The van der Waals surface area contributed by atoms with E-state index in [2.05, 4.69) is 212 Å². The van der Waals surface area contributed by atoms with Crippen LogP contribution in [0.3, 0.4) is 0 Å². The Balaban J connectivity index is 1.12. The molecule has 2 atom stereocenters. The molecule has 0 aliphatic carbocycles. The van der Waals surface area contributed by atoms with E-state index >= 15 is 0 Å². The van der Waals surface area contributed by atoms with E-state index in [1.165, 1.54) is 48.7 Å². The van der Waals surface area contributed by atoms with Crippen LogP contribution in [0, 0.1) is 6.92 Å². The maximum Gasteiger partial charge on any atom is 0.137 e. The first-order chi connectivity index (χ1) is 29.4. The molecule has 0 saturated carbocycles. The van der Waals surface area contributed by atoms with Gasteiger partial charge in [0.1, 0.15) is 17.7 Å². The fourth-order valence-electron chi connectivity index (χ4n) is 9.00. The molecule has 9 aromatic carbocycles. The second-order valence-electron chi connectivity index (χ2n) is 16.2. The SMILES string of the molecule is Cc1cccc(-c2ccc(-c3cc(C4=NC(C)(c5ccc6ccccc6c5)NC(c5ccc6ccccc6c5)N4)cc(-c4cc5ccccc5c5ccccc45)c3)cc2)n1. The summed E-state index contributed by atoms with van der Waals surface area (Å²) in [4.78, 5) is 10.4. The van der Waals surface area contributed by atoms with Crippen molar-refractivity contribution < 1.29 is 0 Å². The third-order valence-electron chi connectivity index (χ3n) is 12.1. The van der Waals surface area contributed by atoms with Gasteiger partial charge in [-0.05, 0) is 139 Å². The zero-order valence-electron chi connectivity index (χ0n) is 33.5. The Bertz CT molecular complexity index is 3310. The molecule has 0 radical (unpaired) electrons. The van der Waals surface area contributed by atoms with Crippen LogP contribution in [0.2, 0.25) is 0 Å². The average molecular weight is 771 g/mol. The van der Waals surface area contributed by atoms with Gasteiger partial charge in [-0.15, -0.1) is 0 Å². The highest BCUT2D eigenvalue weighted by molar-refractivity contribution is 6.14. The van der Waals surface area contributed by atoms with Crippen LogP contribution >= 0.6 is 0 Å². The van der Waals surface area contributed by atoms with Gasteiger partial charge in [0.25, 0.3) is 0 Å². The van der Waals surface area contributed by atoms with Gasteiger partial charge >= 0.3 is 0 Å². The molecule has 2 N–H and O–H groups in total. The summed E-state index contributed by atoms with van der Waals surface area (Å²) in [6.07, 6.45) is -0.228. The van der Waals surface area contributed by atoms with Crippen molar-refractivity contribution in [3.8, 4) is 33.5 Å². The van der Waals surface area contributed by atoms with E-state index in [9.17, 15) is 0 Å². The first kappa shape index (κ1) is 35.7. The molecule has 0 amide bonds. The van der Waals surface area contributed by atoms with Crippen LogP contribution in [0.25, 0.3) is 76.6 Å². The summed E-state index contributed by atoms with van der Waals surface area (Å²) in [6, 6.07) is 72.3. The van der Waals surface area contributed by atoms with Crippen LogP contribution in [0.5, 0.6) is 0 Å². The van der Waals surface area contributed by atoms with Gasteiger partial charge in [0.05, 0.1) is 5.69 Å². The highest BCUT2D eigenvalue weighted by Crippen LogP contribution is 2.39. The van der Waals surface area contributed by atoms with E-state index < -0.39 is 5.66 Å². The quantitative estimate of drug-likeness (QED) is 0.166. The highest BCUT2D eigenvalue weighted by Gasteiger charge is 2.35. The lowest BCUT2D eigenvalue weighted by atomic mass is 9.89.